The van der Waals surface area contributed by atoms with Gasteiger partial charge in [-0.3, -0.25) is 0 Å². The van der Waals surface area contributed by atoms with Crippen molar-refractivity contribution in [3.8, 4) is 0 Å². The second kappa shape index (κ2) is 2.07. The fourth-order valence-corrected chi connectivity index (χ4v) is 1.88. The van der Waals surface area contributed by atoms with E-state index in [4.69, 9.17) is 0 Å². The fraction of sp³-hybridized carbons (Fsp3) is 0.667. The second-order valence-electron chi connectivity index (χ2n) is 2.63. The molecule has 0 radical (unpaired) electrons. The van der Waals surface area contributed by atoms with Crippen LogP contribution in [0.15, 0.2) is 12.7 Å². The molecule has 0 aromatic carbocycles. The smallest absolute Gasteiger partial charge is 0.101 e. The molecule has 0 saturated heterocycles. The Hall–Kier alpha value is -0.350. The topological polar surface area (TPSA) is 57.2 Å². The third-order valence-corrected chi connectivity index (χ3v) is 3.49. The minimum atomic E-state index is -4.07. The van der Waals surface area contributed by atoms with Crippen LogP contribution in [-0.2, 0) is 10.1 Å². The van der Waals surface area contributed by atoms with Crippen LogP contribution in [0.2, 0.25) is 0 Å². The van der Waals surface area contributed by atoms with E-state index in [0.717, 1.165) is 0 Å². The van der Waals surface area contributed by atoms with Crippen LogP contribution in [0.25, 0.3) is 0 Å². The molecule has 0 atom stereocenters. The number of hydrogen-bond acceptors (Lipinski definition) is 3. The quantitative estimate of drug-likeness (QED) is 0.451. The normalized spacial score (nSPS) is 22.1. The third-order valence-electron chi connectivity index (χ3n) is 1.85. The highest BCUT2D eigenvalue weighted by atomic mass is 32.2. The van der Waals surface area contributed by atoms with E-state index in [2.05, 4.69) is 6.58 Å². The van der Waals surface area contributed by atoms with Gasteiger partial charge in [-0.1, -0.05) is 6.08 Å². The summed E-state index contributed by atoms with van der Waals surface area (Å²) in [5, 5.41) is 0. The Morgan fingerprint density at radius 2 is 2.10 bits per heavy atom. The van der Waals surface area contributed by atoms with Crippen LogP contribution < -0.4 is 0 Å². The Balaban J connectivity index is 2.80. The van der Waals surface area contributed by atoms with Gasteiger partial charge in [-0.15, -0.1) is 6.58 Å². The van der Waals surface area contributed by atoms with Gasteiger partial charge in [-0.25, -0.2) is 8.42 Å². The van der Waals surface area contributed by atoms with Crippen molar-refractivity contribution in [3.63, 3.8) is 0 Å². The molecule has 10 heavy (non-hydrogen) atoms. The van der Waals surface area contributed by atoms with Gasteiger partial charge in [0.2, 0.25) is 0 Å². The molecule has 0 amide bonds. The Morgan fingerprint density at radius 3 is 2.20 bits per heavy atom. The average molecular weight is 161 g/mol. The van der Waals surface area contributed by atoms with E-state index in [1.54, 1.807) is 0 Å². The number of allylic oxidation sites excluding steroid dienone is 1. The third kappa shape index (κ3) is 1.09. The first-order valence-corrected chi connectivity index (χ1v) is 4.49. The minimum absolute atomic E-state index is 0.304. The molecule has 0 N–H and O–H groups in total. The fourth-order valence-electron chi connectivity index (χ4n) is 0.959. The zero-order valence-electron chi connectivity index (χ0n) is 5.54. The lowest BCUT2D eigenvalue weighted by Crippen LogP contribution is -2.21. The summed E-state index contributed by atoms with van der Waals surface area (Å²) in [6.07, 6.45) is 2.80. The molecule has 0 unspecified atom stereocenters. The molecule has 1 saturated carbocycles. The molecule has 0 heterocycles. The van der Waals surface area contributed by atoms with Crippen molar-refractivity contribution in [2.45, 2.75) is 24.0 Å². The lowest BCUT2D eigenvalue weighted by molar-refractivity contribution is 0.444. The molecule has 0 aromatic rings. The SMILES string of the molecule is C=CCC1(S(=O)(=O)[O-])CC1. The second-order valence-corrected chi connectivity index (χ2v) is 4.40. The molecule has 0 bridgehead atoms. The van der Waals surface area contributed by atoms with Crippen LogP contribution in [-0.4, -0.2) is 17.7 Å². The van der Waals surface area contributed by atoms with Gasteiger partial charge in [-0.2, -0.15) is 0 Å². The standard InChI is InChI=1S/C6H10O3S/c1-2-3-6(4-5-6)10(7,8)9/h2H,1,3-5H2,(H,7,8,9)/p-1. The number of hydrogen-bond donors (Lipinski definition) is 0. The summed E-state index contributed by atoms with van der Waals surface area (Å²) in [6.45, 7) is 3.40. The molecular weight excluding hydrogens is 152 g/mol. The van der Waals surface area contributed by atoms with E-state index >= 15 is 0 Å². The molecule has 1 aliphatic rings. The van der Waals surface area contributed by atoms with Crippen LogP contribution >= 0.6 is 0 Å². The highest BCUT2D eigenvalue weighted by Crippen LogP contribution is 2.45. The lowest BCUT2D eigenvalue weighted by Gasteiger charge is -2.16. The molecule has 58 valence electrons. The molecule has 4 heteroatoms. The zero-order valence-corrected chi connectivity index (χ0v) is 6.36. The lowest BCUT2D eigenvalue weighted by atomic mass is 10.3. The molecule has 1 rings (SSSR count). The predicted octanol–water partition coefficient (Wildman–Crippen LogP) is 0.640. The maximum atomic E-state index is 10.5. The Labute approximate surface area is 60.5 Å². The molecule has 0 aliphatic heterocycles. The summed E-state index contributed by atoms with van der Waals surface area (Å²) in [7, 11) is -4.07. The van der Waals surface area contributed by atoms with Crippen molar-refractivity contribution in [1.29, 1.82) is 0 Å². The van der Waals surface area contributed by atoms with E-state index < -0.39 is 14.9 Å². The largest absolute Gasteiger partial charge is 0.748 e. The van der Waals surface area contributed by atoms with Crippen molar-refractivity contribution >= 4 is 10.1 Å². The summed E-state index contributed by atoms with van der Waals surface area (Å²) in [4.78, 5) is 0. The maximum absolute atomic E-state index is 10.5. The average Bonchev–Trinajstić information content (AvgIpc) is 2.45. The summed E-state index contributed by atoms with van der Waals surface area (Å²) in [5.74, 6) is 0. The highest BCUT2D eigenvalue weighted by molar-refractivity contribution is 7.87. The van der Waals surface area contributed by atoms with Gasteiger partial charge in [0.15, 0.2) is 0 Å². The number of rotatable bonds is 3. The molecule has 0 aromatic heterocycles. The van der Waals surface area contributed by atoms with Crippen molar-refractivity contribution in [2.24, 2.45) is 0 Å². The first kappa shape index (κ1) is 7.75. The Kier molecular flexibility index (Phi) is 1.60. The predicted molar refractivity (Wildman–Crippen MR) is 36.5 cm³/mol. The first-order valence-electron chi connectivity index (χ1n) is 3.08. The van der Waals surface area contributed by atoms with Crippen LogP contribution in [0.4, 0.5) is 0 Å². The van der Waals surface area contributed by atoms with Crippen molar-refractivity contribution in [1.82, 2.24) is 0 Å². The first-order chi connectivity index (χ1) is 4.52. The molecule has 3 nitrogen and oxygen atoms in total. The van der Waals surface area contributed by atoms with E-state index in [9.17, 15) is 13.0 Å². The van der Waals surface area contributed by atoms with Crippen LogP contribution in [0.1, 0.15) is 19.3 Å². The van der Waals surface area contributed by atoms with E-state index in [0.29, 0.717) is 19.3 Å². The summed E-state index contributed by atoms with van der Waals surface area (Å²) in [6, 6.07) is 0. The molecule has 1 aliphatic carbocycles. The van der Waals surface area contributed by atoms with E-state index in [-0.39, 0.29) is 0 Å². The van der Waals surface area contributed by atoms with E-state index in [1.807, 2.05) is 0 Å². The van der Waals surface area contributed by atoms with Gasteiger partial charge in [0.25, 0.3) is 0 Å². The van der Waals surface area contributed by atoms with Crippen LogP contribution in [0.5, 0.6) is 0 Å². The van der Waals surface area contributed by atoms with Crippen LogP contribution in [0.3, 0.4) is 0 Å². The molecular formula is C6H9O3S-. The van der Waals surface area contributed by atoms with Gasteiger partial charge in [0, 0.05) is 0 Å². The minimum Gasteiger partial charge on any atom is -0.748 e. The van der Waals surface area contributed by atoms with Gasteiger partial charge in [0.05, 0.1) is 4.75 Å². The van der Waals surface area contributed by atoms with Crippen molar-refractivity contribution < 1.29 is 13.0 Å². The van der Waals surface area contributed by atoms with Crippen LogP contribution in [0, 0.1) is 0 Å². The summed E-state index contributed by atoms with van der Waals surface area (Å²) < 4.78 is 30.5. The van der Waals surface area contributed by atoms with Crippen molar-refractivity contribution in [3.05, 3.63) is 12.7 Å². The maximum Gasteiger partial charge on any atom is 0.101 e. The zero-order chi connectivity index (χ0) is 7.83. The van der Waals surface area contributed by atoms with Gasteiger partial charge in [0.1, 0.15) is 10.1 Å². The van der Waals surface area contributed by atoms with Crippen molar-refractivity contribution in [2.75, 3.05) is 0 Å². The van der Waals surface area contributed by atoms with Gasteiger partial charge >= 0.3 is 0 Å². The van der Waals surface area contributed by atoms with E-state index in [1.165, 1.54) is 6.08 Å². The van der Waals surface area contributed by atoms with Gasteiger partial charge < -0.3 is 4.55 Å². The highest BCUT2D eigenvalue weighted by Gasteiger charge is 2.47. The molecule has 1 fully saturated rings. The summed E-state index contributed by atoms with van der Waals surface area (Å²) >= 11 is 0. The molecule has 0 spiro atoms. The Bertz CT molecular complexity index is 236. The van der Waals surface area contributed by atoms with Gasteiger partial charge in [-0.05, 0) is 19.3 Å². The summed E-state index contributed by atoms with van der Waals surface area (Å²) in [5.41, 5.74) is 0. The monoisotopic (exact) mass is 161 g/mol. The Morgan fingerprint density at radius 1 is 1.60 bits per heavy atom.